The van der Waals surface area contributed by atoms with Gasteiger partial charge < -0.3 is 5.11 Å². The lowest BCUT2D eigenvalue weighted by Crippen LogP contribution is -2.24. The van der Waals surface area contributed by atoms with Gasteiger partial charge in [-0.1, -0.05) is 29.3 Å². The van der Waals surface area contributed by atoms with E-state index in [1.165, 1.54) is 0 Å². The maximum absolute atomic E-state index is 9.90. The summed E-state index contributed by atoms with van der Waals surface area (Å²) in [6.45, 7) is 2.93. The molecule has 2 aliphatic rings. The van der Waals surface area contributed by atoms with Crippen LogP contribution >= 0.6 is 23.2 Å². The van der Waals surface area contributed by atoms with Gasteiger partial charge in [0.25, 0.3) is 0 Å². The Morgan fingerprint density at radius 1 is 1.22 bits per heavy atom. The van der Waals surface area contributed by atoms with Crippen LogP contribution in [0.1, 0.15) is 18.4 Å². The van der Waals surface area contributed by atoms with Crippen LogP contribution in [-0.4, -0.2) is 29.2 Å². The van der Waals surface area contributed by atoms with Crippen molar-refractivity contribution in [3.05, 3.63) is 33.8 Å². The lowest BCUT2D eigenvalue weighted by atomic mass is 10.00. The number of hydrogen-bond acceptors (Lipinski definition) is 2. The standard InChI is InChI=1S/C14H17Cl2NO/c15-11-3-1-10(13(16)5-11)7-17-6-9-2-4-14(18)12(9)8-17/h1,3,5,9,12,14,18H,2,4,6-8H2. The fourth-order valence-electron chi connectivity index (χ4n) is 3.35. The first-order chi connectivity index (χ1) is 8.63. The zero-order valence-corrected chi connectivity index (χ0v) is 11.7. The monoisotopic (exact) mass is 285 g/mol. The van der Waals surface area contributed by atoms with E-state index >= 15 is 0 Å². The molecule has 1 saturated carbocycles. The van der Waals surface area contributed by atoms with Gasteiger partial charge in [0.15, 0.2) is 0 Å². The molecule has 0 spiro atoms. The Hall–Kier alpha value is -0.280. The SMILES string of the molecule is OC1CCC2CN(Cc3ccc(Cl)cc3Cl)CC12. The summed E-state index contributed by atoms with van der Waals surface area (Å²) in [7, 11) is 0. The molecule has 1 aliphatic heterocycles. The van der Waals surface area contributed by atoms with Gasteiger partial charge in [0.05, 0.1) is 6.10 Å². The Labute approximate surface area is 117 Å². The van der Waals surface area contributed by atoms with Crippen LogP contribution in [0, 0.1) is 11.8 Å². The van der Waals surface area contributed by atoms with Crippen LogP contribution in [0.25, 0.3) is 0 Å². The smallest absolute Gasteiger partial charge is 0.0583 e. The number of nitrogens with zero attached hydrogens (tertiary/aromatic N) is 1. The van der Waals surface area contributed by atoms with Crippen LogP contribution in [0.3, 0.4) is 0 Å². The van der Waals surface area contributed by atoms with Crippen LogP contribution in [0.5, 0.6) is 0 Å². The van der Waals surface area contributed by atoms with E-state index in [1.807, 2.05) is 12.1 Å². The summed E-state index contributed by atoms with van der Waals surface area (Å²) >= 11 is 12.1. The second kappa shape index (κ2) is 5.01. The number of fused-ring (bicyclic) bond motifs is 1. The van der Waals surface area contributed by atoms with Crippen LogP contribution in [0.15, 0.2) is 18.2 Å². The van der Waals surface area contributed by atoms with E-state index in [1.54, 1.807) is 6.07 Å². The molecule has 3 atom stereocenters. The molecule has 0 amide bonds. The fourth-order valence-corrected chi connectivity index (χ4v) is 3.82. The van der Waals surface area contributed by atoms with Crippen LogP contribution in [-0.2, 0) is 6.54 Å². The fraction of sp³-hybridized carbons (Fsp3) is 0.571. The van der Waals surface area contributed by atoms with E-state index < -0.39 is 0 Å². The maximum atomic E-state index is 9.90. The average Bonchev–Trinajstić information content (AvgIpc) is 2.86. The van der Waals surface area contributed by atoms with Gasteiger partial charge in [-0.05, 0) is 36.5 Å². The molecule has 1 saturated heterocycles. The molecule has 0 aromatic heterocycles. The molecule has 1 aliphatic carbocycles. The molecule has 0 bridgehead atoms. The highest BCUT2D eigenvalue weighted by Gasteiger charge is 2.41. The molecule has 1 aromatic rings. The molecular formula is C14H17Cl2NO. The molecule has 18 heavy (non-hydrogen) atoms. The van der Waals surface area contributed by atoms with E-state index in [9.17, 15) is 5.11 Å². The van der Waals surface area contributed by atoms with E-state index in [4.69, 9.17) is 23.2 Å². The Morgan fingerprint density at radius 3 is 2.78 bits per heavy atom. The Morgan fingerprint density at radius 2 is 2.06 bits per heavy atom. The van der Waals surface area contributed by atoms with Crippen molar-refractivity contribution >= 4 is 23.2 Å². The van der Waals surface area contributed by atoms with Crippen LogP contribution < -0.4 is 0 Å². The molecule has 2 fully saturated rings. The highest BCUT2D eigenvalue weighted by molar-refractivity contribution is 6.35. The molecule has 3 unspecified atom stereocenters. The molecule has 1 N–H and O–H groups in total. The highest BCUT2D eigenvalue weighted by Crippen LogP contribution is 2.38. The van der Waals surface area contributed by atoms with E-state index in [-0.39, 0.29) is 6.10 Å². The zero-order chi connectivity index (χ0) is 12.7. The van der Waals surface area contributed by atoms with Crippen molar-refractivity contribution in [2.75, 3.05) is 13.1 Å². The predicted octanol–water partition coefficient (Wildman–Crippen LogP) is 3.20. The summed E-state index contributed by atoms with van der Waals surface area (Å²) in [5.74, 6) is 1.14. The number of benzene rings is 1. The number of aliphatic hydroxyl groups excluding tert-OH is 1. The molecule has 4 heteroatoms. The molecule has 1 aromatic carbocycles. The Kier molecular flexibility index (Phi) is 3.55. The van der Waals surface area contributed by atoms with Gasteiger partial charge in [0, 0.05) is 35.6 Å². The normalized spacial score (nSPS) is 31.8. The van der Waals surface area contributed by atoms with Gasteiger partial charge in [-0.3, -0.25) is 4.90 Å². The third-order valence-corrected chi connectivity index (χ3v) is 4.89. The number of likely N-dealkylation sites (tertiary alicyclic amines) is 1. The quantitative estimate of drug-likeness (QED) is 0.902. The van der Waals surface area contributed by atoms with E-state index in [2.05, 4.69) is 4.90 Å². The number of aliphatic hydroxyl groups is 1. The minimum absolute atomic E-state index is 0.0966. The number of hydrogen-bond donors (Lipinski definition) is 1. The highest BCUT2D eigenvalue weighted by atomic mass is 35.5. The third kappa shape index (κ3) is 2.39. The lowest BCUT2D eigenvalue weighted by molar-refractivity contribution is 0.123. The molecule has 1 heterocycles. The first-order valence-electron chi connectivity index (χ1n) is 6.48. The summed E-state index contributed by atoms with van der Waals surface area (Å²) in [6.07, 6.45) is 2.04. The van der Waals surface area contributed by atoms with Crippen molar-refractivity contribution in [2.45, 2.75) is 25.5 Å². The Balaban J connectivity index is 1.68. The second-order valence-electron chi connectivity index (χ2n) is 5.50. The third-order valence-electron chi connectivity index (χ3n) is 4.30. The van der Waals surface area contributed by atoms with Crippen molar-refractivity contribution in [1.29, 1.82) is 0 Å². The van der Waals surface area contributed by atoms with E-state index in [0.717, 1.165) is 43.1 Å². The minimum atomic E-state index is -0.0966. The second-order valence-corrected chi connectivity index (χ2v) is 6.34. The van der Waals surface area contributed by atoms with Crippen molar-refractivity contribution in [2.24, 2.45) is 11.8 Å². The van der Waals surface area contributed by atoms with Crippen molar-refractivity contribution in [3.8, 4) is 0 Å². The molecule has 0 radical (unpaired) electrons. The molecular weight excluding hydrogens is 269 g/mol. The van der Waals surface area contributed by atoms with Crippen LogP contribution in [0.4, 0.5) is 0 Å². The summed E-state index contributed by atoms with van der Waals surface area (Å²) < 4.78 is 0. The van der Waals surface area contributed by atoms with Crippen molar-refractivity contribution in [1.82, 2.24) is 4.90 Å². The van der Waals surface area contributed by atoms with E-state index in [0.29, 0.717) is 16.9 Å². The van der Waals surface area contributed by atoms with Gasteiger partial charge >= 0.3 is 0 Å². The first kappa shape index (κ1) is 12.7. The number of rotatable bonds is 2. The molecule has 98 valence electrons. The molecule has 3 rings (SSSR count). The average molecular weight is 286 g/mol. The first-order valence-corrected chi connectivity index (χ1v) is 7.23. The van der Waals surface area contributed by atoms with Crippen LogP contribution in [0.2, 0.25) is 10.0 Å². The zero-order valence-electron chi connectivity index (χ0n) is 10.1. The van der Waals surface area contributed by atoms with Gasteiger partial charge in [0.2, 0.25) is 0 Å². The van der Waals surface area contributed by atoms with Gasteiger partial charge in [-0.15, -0.1) is 0 Å². The van der Waals surface area contributed by atoms with Crippen molar-refractivity contribution < 1.29 is 5.11 Å². The Bertz CT molecular complexity index is 451. The largest absolute Gasteiger partial charge is 0.393 e. The van der Waals surface area contributed by atoms with Gasteiger partial charge in [-0.2, -0.15) is 0 Å². The summed E-state index contributed by atoms with van der Waals surface area (Å²) in [5, 5.41) is 11.3. The topological polar surface area (TPSA) is 23.5 Å². The van der Waals surface area contributed by atoms with Crippen molar-refractivity contribution in [3.63, 3.8) is 0 Å². The minimum Gasteiger partial charge on any atom is -0.393 e. The maximum Gasteiger partial charge on any atom is 0.0583 e. The van der Waals surface area contributed by atoms with Gasteiger partial charge in [-0.25, -0.2) is 0 Å². The molecule has 2 nitrogen and oxygen atoms in total. The summed E-state index contributed by atoms with van der Waals surface area (Å²) in [5.41, 5.74) is 1.12. The lowest BCUT2D eigenvalue weighted by Gasteiger charge is -2.18. The predicted molar refractivity (Wildman–Crippen MR) is 74.0 cm³/mol. The summed E-state index contributed by atoms with van der Waals surface area (Å²) in [4.78, 5) is 2.40. The summed E-state index contributed by atoms with van der Waals surface area (Å²) in [6, 6.07) is 5.67. The van der Waals surface area contributed by atoms with Gasteiger partial charge in [0.1, 0.15) is 0 Å². The number of halogens is 2.